The van der Waals surface area contributed by atoms with Gasteiger partial charge in [0, 0.05) is 14.6 Å². The normalized spacial score (nSPS) is 13.1. The number of rotatable bonds is 6. The van der Waals surface area contributed by atoms with Crippen molar-refractivity contribution in [3.05, 3.63) is 35.9 Å². The Morgan fingerprint density at radius 2 is 1.50 bits per heavy atom. The average molecular weight is 280 g/mol. The molecule has 0 aromatic heterocycles. The molecule has 0 fully saturated rings. The van der Waals surface area contributed by atoms with E-state index in [0.29, 0.717) is 0 Å². The molecule has 0 aliphatic heterocycles. The Balaban J connectivity index is 2.51. The number of nitrogens with zero attached hydrogens (tertiary/aromatic N) is 1. The second kappa shape index (κ2) is 6.17. The van der Waals surface area contributed by atoms with Gasteiger partial charge in [-0.1, -0.05) is 68.7 Å². The lowest BCUT2D eigenvalue weighted by Crippen LogP contribution is -2.46. The summed E-state index contributed by atoms with van der Waals surface area (Å²) < 4.78 is 0. The van der Waals surface area contributed by atoms with Crippen molar-refractivity contribution in [1.82, 2.24) is 4.90 Å². The van der Waals surface area contributed by atoms with Gasteiger partial charge in [0.2, 0.25) is 0 Å². The Kier molecular flexibility index (Phi) is 5.37. The molecule has 0 saturated heterocycles. The highest BCUT2D eigenvalue weighted by Crippen LogP contribution is 2.20. The minimum atomic E-state index is -1.07. The molecular weight excluding hydrogens is 250 g/mol. The van der Waals surface area contributed by atoms with Crippen molar-refractivity contribution < 1.29 is 0 Å². The molecule has 0 saturated carbocycles. The van der Waals surface area contributed by atoms with Crippen LogP contribution in [0.5, 0.6) is 0 Å². The summed E-state index contributed by atoms with van der Waals surface area (Å²) in [5.74, 6) is 0. The van der Waals surface area contributed by atoms with Gasteiger partial charge in [0.05, 0.1) is 8.07 Å². The van der Waals surface area contributed by atoms with Gasteiger partial charge in [-0.15, -0.1) is 0 Å². The lowest BCUT2D eigenvalue weighted by molar-refractivity contribution is 0.375. The van der Waals surface area contributed by atoms with Crippen LogP contribution in [0.25, 0.3) is 0 Å². The maximum atomic E-state index is 2.55. The minimum Gasteiger partial charge on any atom is -0.305 e. The molecule has 1 aromatic rings. The van der Waals surface area contributed by atoms with Gasteiger partial charge < -0.3 is 4.90 Å². The minimum absolute atomic E-state index is 0.916. The molecule has 0 unspecified atom stereocenters. The molecule has 1 rings (SSSR count). The van der Waals surface area contributed by atoms with Gasteiger partial charge in [-0.05, 0) is 18.8 Å². The molecule has 0 bridgehead atoms. The zero-order valence-corrected chi connectivity index (χ0v) is 15.0. The van der Waals surface area contributed by atoms with E-state index in [1.165, 1.54) is 17.4 Å². The highest BCUT2D eigenvalue weighted by molar-refractivity contribution is 6.94. The fraction of sp³-hybridized carbons (Fsp3) is 0.600. The monoisotopic (exact) mass is 279 g/mol. The molecule has 0 heterocycles. The maximum absolute atomic E-state index is 2.55. The number of hydrogen-bond donors (Lipinski definition) is 0. The average Bonchev–Trinajstić information content (AvgIpc) is 2.13. The molecule has 0 aliphatic rings. The predicted octanol–water partition coefficient (Wildman–Crippen LogP) is 4.24. The molecule has 102 valence electrons. The van der Waals surface area contributed by atoms with E-state index in [0.717, 1.165) is 6.54 Å². The first-order chi connectivity index (χ1) is 8.18. The Labute approximate surface area is 115 Å². The van der Waals surface area contributed by atoms with Crippen molar-refractivity contribution in [2.45, 2.75) is 44.9 Å². The largest absolute Gasteiger partial charge is 0.305 e. The van der Waals surface area contributed by atoms with Crippen LogP contribution in [0, 0.1) is 0 Å². The fourth-order valence-corrected chi connectivity index (χ4v) is 16.7. The van der Waals surface area contributed by atoms with Crippen LogP contribution in [0.3, 0.4) is 0 Å². The first-order valence-corrected chi connectivity index (χ1v) is 14.0. The molecule has 0 radical (unpaired) electrons. The molecule has 3 heteroatoms. The van der Waals surface area contributed by atoms with Crippen LogP contribution in [-0.4, -0.2) is 34.3 Å². The second-order valence-corrected chi connectivity index (χ2v) is 18.7. The van der Waals surface area contributed by atoms with Crippen LogP contribution in [-0.2, 0) is 6.54 Å². The summed E-state index contributed by atoms with van der Waals surface area (Å²) >= 11 is 0. The summed E-state index contributed by atoms with van der Waals surface area (Å²) in [6.45, 7) is 13.7. The summed E-state index contributed by atoms with van der Waals surface area (Å²) in [5.41, 5.74) is 2.96. The van der Waals surface area contributed by atoms with Crippen LogP contribution in [0.2, 0.25) is 38.4 Å². The van der Waals surface area contributed by atoms with E-state index in [1.807, 2.05) is 0 Å². The molecule has 0 spiro atoms. The second-order valence-electron chi connectivity index (χ2n) is 7.56. The van der Waals surface area contributed by atoms with Gasteiger partial charge in [0.25, 0.3) is 0 Å². The van der Waals surface area contributed by atoms with Gasteiger partial charge in [0.15, 0.2) is 0 Å². The lowest BCUT2D eigenvalue weighted by Gasteiger charge is -2.33. The third-order valence-electron chi connectivity index (χ3n) is 3.00. The van der Waals surface area contributed by atoms with Gasteiger partial charge >= 0.3 is 0 Å². The predicted molar refractivity (Wildman–Crippen MR) is 88.4 cm³/mol. The van der Waals surface area contributed by atoms with E-state index in [4.69, 9.17) is 0 Å². The molecule has 0 amide bonds. The van der Waals surface area contributed by atoms with Crippen molar-refractivity contribution in [2.75, 3.05) is 13.2 Å². The molecule has 1 aromatic carbocycles. The van der Waals surface area contributed by atoms with Gasteiger partial charge in [-0.2, -0.15) is 0 Å². The van der Waals surface area contributed by atoms with Crippen molar-refractivity contribution >= 4 is 16.1 Å². The summed E-state index contributed by atoms with van der Waals surface area (Å²) in [6.07, 6.45) is 1.31. The standard InChI is InChI=1S/C15H29NSi2/c1-16(12-15-10-8-7-9-11-15)13-18(5,6)14-17(2,3)4/h7-11H,12-14H2,1-6H3. The van der Waals surface area contributed by atoms with E-state index >= 15 is 0 Å². The highest BCUT2D eigenvalue weighted by atomic mass is 28.4. The summed E-state index contributed by atoms with van der Waals surface area (Å²) in [6, 6.07) is 10.8. The molecule has 1 nitrogen and oxygen atoms in total. The van der Waals surface area contributed by atoms with E-state index in [-0.39, 0.29) is 0 Å². The Hall–Kier alpha value is -0.386. The van der Waals surface area contributed by atoms with Gasteiger partial charge in [-0.25, -0.2) is 0 Å². The van der Waals surface area contributed by atoms with Crippen LogP contribution >= 0.6 is 0 Å². The van der Waals surface area contributed by atoms with E-state index in [2.05, 4.69) is 75.0 Å². The first kappa shape index (κ1) is 15.7. The Morgan fingerprint density at radius 3 is 2.00 bits per heavy atom. The Morgan fingerprint density at radius 1 is 0.944 bits per heavy atom. The van der Waals surface area contributed by atoms with Crippen molar-refractivity contribution in [1.29, 1.82) is 0 Å². The first-order valence-electron chi connectivity index (χ1n) is 6.90. The zero-order chi connectivity index (χ0) is 13.8. The summed E-state index contributed by atoms with van der Waals surface area (Å²) in [5, 5.41) is 0. The quantitative estimate of drug-likeness (QED) is 0.704. The van der Waals surface area contributed by atoms with Crippen molar-refractivity contribution in [2.24, 2.45) is 0 Å². The molecular formula is C15H29NSi2. The van der Waals surface area contributed by atoms with E-state index in [9.17, 15) is 0 Å². The lowest BCUT2D eigenvalue weighted by atomic mass is 10.2. The zero-order valence-electron chi connectivity index (χ0n) is 13.0. The van der Waals surface area contributed by atoms with Crippen LogP contribution < -0.4 is 0 Å². The third-order valence-corrected chi connectivity index (χ3v) is 12.5. The summed E-state index contributed by atoms with van der Waals surface area (Å²) in [4.78, 5) is 2.52. The van der Waals surface area contributed by atoms with Gasteiger partial charge in [-0.3, -0.25) is 0 Å². The van der Waals surface area contributed by atoms with Crippen molar-refractivity contribution in [3.63, 3.8) is 0 Å². The molecule has 0 atom stereocenters. The highest BCUT2D eigenvalue weighted by Gasteiger charge is 2.29. The van der Waals surface area contributed by atoms with Crippen LogP contribution in [0.1, 0.15) is 5.56 Å². The maximum Gasteiger partial charge on any atom is 0.0604 e. The summed E-state index contributed by atoms with van der Waals surface area (Å²) in [7, 11) is 0.285. The van der Waals surface area contributed by atoms with Crippen molar-refractivity contribution in [3.8, 4) is 0 Å². The van der Waals surface area contributed by atoms with Crippen LogP contribution in [0.4, 0.5) is 0 Å². The van der Waals surface area contributed by atoms with E-state index < -0.39 is 16.1 Å². The molecule has 18 heavy (non-hydrogen) atoms. The SMILES string of the molecule is CN(Cc1ccccc1)C[Si](C)(C)C[Si](C)(C)C. The number of hydrogen-bond acceptors (Lipinski definition) is 1. The third kappa shape index (κ3) is 6.52. The van der Waals surface area contributed by atoms with E-state index in [1.54, 1.807) is 0 Å². The number of benzene rings is 1. The van der Waals surface area contributed by atoms with Crippen LogP contribution in [0.15, 0.2) is 30.3 Å². The topological polar surface area (TPSA) is 3.24 Å². The molecule has 0 aliphatic carbocycles. The van der Waals surface area contributed by atoms with Gasteiger partial charge in [0.1, 0.15) is 0 Å². The smallest absolute Gasteiger partial charge is 0.0604 e. The fourth-order valence-electron chi connectivity index (χ4n) is 3.17. The Bertz CT molecular complexity index is 355. The molecule has 0 N–H and O–H groups in total.